The first-order valence-corrected chi connectivity index (χ1v) is 8.39. The third-order valence-corrected chi connectivity index (χ3v) is 4.87. The second-order valence-electron chi connectivity index (χ2n) is 5.94. The summed E-state index contributed by atoms with van der Waals surface area (Å²) in [7, 11) is 0. The van der Waals surface area contributed by atoms with Gasteiger partial charge in [0.15, 0.2) is 0 Å². The molecule has 1 aliphatic rings. The molecule has 1 amide bonds. The quantitative estimate of drug-likeness (QED) is 0.912. The van der Waals surface area contributed by atoms with Gasteiger partial charge in [0.2, 0.25) is 5.91 Å². The van der Waals surface area contributed by atoms with Gasteiger partial charge >= 0.3 is 0 Å². The van der Waals surface area contributed by atoms with Gasteiger partial charge in [-0.1, -0.05) is 19.9 Å². The van der Waals surface area contributed by atoms with E-state index >= 15 is 0 Å². The fourth-order valence-corrected chi connectivity index (χ4v) is 3.38. The zero-order valence-corrected chi connectivity index (χ0v) is 13.3. The fraction of sp³-hybridized carbons (Fsp3) is 0.500. The van der Waals surface area contributed by atoms with Crippen LogP contribution in [0.25, 0.3) is 0 Å². The van der Waals surface area contributed by atoms with E-state index < -0.39 is 0 Å². The van der Waals surface area contributed by atoms with Gasteiger partial charge in [-0.25, -0.2) is 4.98 Å². The smallest absolute Gasteiger partial charge is 0.223 e. The van der Waals surface area contributed by atoms with E-state index in [4.69, 9.17) is 0 Å². The van der Waals surface area contributed by atoms with Crippen LogP contribution in [0.4, 0.5) is 0 Å². The number of imidazole rings is 1. The number of thiophene rings is 1. The Bertz CT molecular complexity index is 616. The molecule has 0 bridgehead atoms. The maximum Gasteiger partial charge on any atom is 0.223 e. The number of carbonyl (C=O) groups is 1. The number of amides is 1. The van der Waals surface area contributed by atoms with Crippen molar-refractivity contribution < 1.29 is 4.79 Å². The third-order valence-electron chi connectivity index (χ3n) is 4.00. The molecule has 1 atom stereocenters. The molecule has 112 valence electrons. The van der Waals surface area contributed by atoms with Crippen LogP contribution in [-0.2, 0) is 24.2 Å². The van der Waals surface area contributed by atoms with Crippen LogP contribution in [0, 0.1) is 5.92 Å². The molecule has 0 saturated heterocycles. The lowest BCUT2D eigenvalue weighted by Gasteiger charge is -2.20. The molecule has 21 heavy (non-hydrogen) atoms. The van der Waals surface area contributed by atoms with Crippen molar-refractivity contribution in [2.45, 2.75) is 45.6 Å². The number of fused-ring (bicyclic) bond motifs is 1. The highest BCUT2D eigenvalue weighted by Gasteiger charge is 2.27. The normalized spacial score (nSPS) is 17.8. The van der Waals surface area contributed by atoms with Crippen LogP contribution in [0.2, 0.25) is 0 Å². The Labute approximate surface area is 129 Å². The Morgan fingerprint density at radius 2 is 2.43 bits per heavy atom. The Morgan fingerprint density at radius 1 is 1.57 bits per heavy atom. The standard InChI is InChI=1S/C16H21N3OS/c1-10(2)15-18-13-6-5-11(8-14(13)19-15)16(20)17-9-12-4-3-7-21-12/h3-4,7,10-11H,5-6,8-9H2,1-2H3,(H,17,20)(H,18,19)/t11-/m1/s1. The zero-order chi connectivity index (χ0) is 14.8. The number of carbonyl (C=O) groups excluding carboxylic acids is 1. The molecule has 2 aromatic heterocycles. The van der Waals surface area contributed by atoms with Gasteiger partial charge in [0.25, 0.3) is 0 Å². The molecule has 2 N–H and O–H groups in total. The largest absolute Gasteiger partial charge is 0.351 e. The van der Waals surface area contributed by atoms with Gasteiger partial charge in [0, 0.05) is 28.8 Å². The second kappa shape index (κ2) is 6.02. The number of H-pyrrole nitrogens is 1. The SMILES string of the molecule is CC(C)c1nc2c([nH]1)C[C@H](C(=O)NCc1cccs1)CC2. The Morgan fingerprint density at radius 3 is 3.14 bits per heavy atom. The number of aryl methyl sites for hydroxylation is 1. The number of hydrogen-bond acceptors (Lipinski definition) is 3. The van der Waals surface area contributed by atoms with Gasteiger partial charge in [-0.3, -0.25) is 4.79 Å². The summed E-state index contributed by atoms with van der Waals surface area (Å²) in [6.45, 7) is 4.91. The van der Waals surface area contributed by atoms with Crippen molar-refractivity contribution in [1.82, 2.24) is 15.3 Å². The number of nitrogens with one attached hydrogen (secondary N) is 2. The minimum absolute atomic E-state index is 0.0675. The topological polar surface area (TPSA) is 57.8 Å². The maximum atomic E-state index is 12.3. The highest BCUT2D eigenvalue weighted by atomic mass is 32.1. The van der Waals surface area contributed by atoms with Crippen LogP contribution in [0.5, 0.6) is 0 Å². The van der Waals surface area contributed by atoms with Crippen molar-refractivity contribution in [1.29, 1.82) is 0 Å². The van der Waals surface area contributed by atoms with Crippen molar-refractivity contribution in [3.8, 4) is 0 Å². The van der Waals surface area contributed by atoms with Gasteiger partial charge in [-0.05, 0) is 24.3 Å². The summed E-state index contributed by atoms with van der Waals surface area (Å²) >= 11 is 1.68. The molecule has 0 aliphatic heterocycles. The Balaban J connectivity index is 1.61. The summed E-state index contributed by atoms with van der Waals surface area (Å²) in [6.07, 6.45) is 2.58. The lowest BCUT2D eigenvalue weighted by molar-refractivity contribution is -0.125. The number of hydrogen-bond donors (Lipinski definition) is 2. The average molecular weight is 303 g/mol. The number of rotatable bonds is 4. The molecule has 0 saturated carbocycles. The third kappa shape index (κ3) is 3.18. The molecule has 3 rings (SSSR count). The van der Waals surface area contributed by atoms with Crippen LogP contribution in [0.3, 0.4) is 0 Å². The van der Waals surface area contributed by atoms with E-state index in [1.165, 1.54) is 4.88 Å². The van der Waals surface area contributed by atoms with E-state index in [0.717, 1.165) is 36.5 Å². The molecule has 2 heterocycles. The predicted octanol–water partition coefficient (Wildman–Crippen LogP) is 3.02. The zero-order valence-electron chi connectivity index (χ0n) is 12.5. The lowest BCUT2D eigenvalue weighted by Crippen LogP contribution is -2.33. The predicted molar refractivity (Wildman–Crippen MR) is 84.4 cm³/mol. The molecular weight excluding hydrogens is 282 g/mol. The molecule has 0 fully saturated rings. The minimum atomic E-state index is 0.0675. The van der Waals surface area contributed by atoms with Gasteiger partial charge in [-0.2, -0.15) is 0 Å². The molecule has 5 heteroatoms. The van der Waals surface area contributed by atoms with Crippen LogP contribution in [-0.4, -0.2) is 15.9 Å². The molecule has 0 aromatic carbocycles. The van der Waals surface area contributed by atoms with Crippen LogP contribution >= 0.6 is 11.3 Å². The Kier molecular flexibility index (Phi) is 4.10. The van der Waals surface area contributed by atoms with E-state index in [-0.39, 0.29) is 11.8 Å². The van der Waals surface area contributed by atoms with E-state index in [2.05, 4.69) is 29.1 Å². The van der Waals surface area contributed by atoms with E-state index in [1.807, 2.05) is 17.5 Å². The molecule has 4 nitrogen and oxygen atoms in total. The summed E-state index contributed by atoms with van der Waals surface area (Å²) in [4.78, 5) is 21.5. The van der Waals surface area contributed by atoms with Crippen molar-refractivity contribution in [2.75, 3.05) is 0 Å². The summed E-state index contributed by atoms with van der Waals surface area (Å²) in [5, 5.41) is 5.09. The monoisotopic (exact) mass is 303 g/mol. The number of aromatic nitrogens is 2. The lowest BCUT2D eigenvalue weighted by atomic mass is 9.89. The van der Waals surface area contributed by atoms with Crippen molar-refractivity contribution in [3.05, 3.63) is 39.6 Å². The molecular formula is C16H21N3OS. The summed E-state index contributed by atoms with van der Waals surface area (Å²) in [5.74, 6) is 1.68. The summed E-state index contributed by atoms with van der Waals surface area (Å²) in [5.41, 5.74) is 2.31. The van der Waals surface area contributed by atoms with E-state index in [1.54, 1.807) is 11.3 Å². The van der Waals surface area contributed by atoms with Gasteiger partial charge in [0.1, 0.15) is 5.82 Å². The van der Waals surface area contributed by atoms with Crippen LogP contribution < -0.4 is 5.32 Å². The average Bonchev–Trinajstić information content (AvgIpc) is 3.12. The summed E-state index contributed by atoms with van der Waals surface area (Å²) < 4.78 is 0. The van der Waals surface area contributed by atoms with E-state index in [0.29, 0.717) is 12.5 Å². The first-order valence-electron chi connectivity index (χ1n) is 7.51. The molecule has 2 aromatic rings. The first-order chi connectivity index (χ1) is 10.1. The van der Waals surface area contributed by atoms with Crippen LogP contribution in [0.15, 0.2) is 17.5 Å². The maximum absolute atomic E-state index is 12.3. The second-order valence-corrected chi connectivity index (χ2v) is 6.97. The molecule has 1 aliphatic carbocycles. The highest BCUT2D eigenvalue weighted by Crippen LogP contribution is 2.26. The van der Waals surface area contributed by atoms with Crippen molar-refractivity contribution >= 4 is 17.2 Å². The molecule has 0 unspecified atom stereocenters. The highest BCUT2D eigenvalue weighted by molar-refractivity contribution is 7.09. The van der Waals surface area contributed by atoms with Gasteiger partial charge in [-0.15, -0.1) is 11.3 Å². The molecule has 0 radical (unpaired) electrons. The van der Waals surface area contributed by atoms with Crippen LogP contribution in [0.1, 0.15) is 48.3 Å². The van der Waals surface area contributed by atoms with E-state index in [9.17, 15) is 4.79 Å². The van der Waals surface area contributed by atoms with Crippen molar-refractivity contribution in [2.24, 2.45) is 5.92 Å². The molecule has 0 spiro atoms. The number of aromatic amines is 1. The number of nitrogens with zero attached hydrogens (tertiary/aromatic N) is 1. The fourth-order valence-electron chi connectivity index (χ4n) is 2.73. The Hall–Kier alpha value is -1.62. The first kappa shape index (κ1) is 14.3. The van der Waals surface area contributed by atoms with Crippen molar-refractivity contribution in [3.63, 3.8) is 0 Å². The van der Waals surface area contributed by atoms with Gasteiger partial charge in [0.05, 0.1) is 12.2 Å². The summed E-state index contributed by atoms with van der Waals surface area (Å²) in [6, 6.07) is 4.06. The van der Waals surface area contributed by atoms with Gasteiger partial charge < -0.3 is 10.3 Å². The minimum Gasteiger partial charge on any atom is -0.351 e.